The van der Waals surface area contributed by atoms with Crippen LogP contribution in [0.4, 0.5) is 5.69 Å². The molecule has 1 aromatic heterocycles. The van der Waals surface area contributed by atoms with Gasteiger partial charge in [-0.25, -0.2) is 0 Å². The first-order valence-electron chi connectivity index (χ1n) is 9.63. The fraction of sp³-hybridized carbons (Fsp3) is 0.273. The third kappa shape index (κ3) is 4.18. The Hall–Kier alpha value is -3.26. The van der Waals surface area contributed by atoms with Gasteiger partial charge in [-0.05, 0) is 24.1 Å². The minimum Gasteiger partial charge on any atom is -0.468 e. The predicted octanol–water partition coefficient (Wildman–Crippen LogP) is 3.05. The fourth-order valence-corrected chi connectivity index (χ4v) is 4.29. The number of nitrogens with one attached hydrogen (secondary N) is 1. The van der Waals surface area contributed by atoms with Crippen molar-refractivity contribution in [3.05, 3.63) is 75.2 Å². The monoisotopic (exact) mass is 422 g/mol. The van der Waals surface area contributed by atoms with Crippen LogP contribution in [0, 0.1) is 6.92 Å². The van der Waals surface area contributed by atoms with Gasteiger partial charge in [0, 0.05) is 18.8 Å². The van der Waals surface area contributed by atoms with Gasteiger partial charge in [-0.3, -0.25) is 9.59 Å². The molecule has 0 spiro atoms. The molecule has 1 aliphatic rings. The first kappa shape index (κ1) is 20.0. The lowest BCUT2D eigenvalue weighted by Gasteiger charge is -2.17. The molecular formula is C22H22N4O3S. The number of anilines is 1. The van der Waals surface area contributed by atoms with E-state index in [-0.39, 0.29) is 17.8 Å². The summed E-state index contributed by atoms with van der Waals surface area (Å²) in [5, 5.41) is 12.2. The summed E-state index contributed by atoms with van der Waals surface area (Å²) in [4.78, 5) is 26.7. The first-order chi connectivity index (χ1) is 14.5. The van der Waals surface area contributed by atoms with E-state index in [1.807, 2.05) is 55.5 Å². The van der Waals surface area contributed by atoms with Crippen LogP contribution in [0.15, 0.2) is 48.5 Å². The quantitative estimate of drug-likeness (QED) is 0.615. The summed E-state index contributed by atoms with van der Waals surface area (Å²) in [6.07, 6.45) is 0. The van der Waals surface area contributed by atoms with Crippen molar-refractivity contribution in [3.8, 4) is 0 Å². The molecule has 1 atom stereocenters. The second-order valence-corrected chi connectivity index (χ2v) is 8.25. The number of carbonyl (C=O) groups is 2. The van der Waals surface area contributed by atoms with Crippen molar-refractivity contribution in [3.63, 3.8) is 0 Å². The molecule has 4 rings (SSSR count). The van der Waals surface area contributed by atoms with E-state index in [2.05, 4.69) is 20.4 Å². The van der Waals surface area contributed by atoms with E-state index in [9.17, 15) is 9.59 Å². The Bertz CT molecular complexity index is 1060. The predicted molar refractivity (Wildman–Crippen MR) is 115 cm³/mol. The standard InChI is InChI=1S/C22H22N4O3S/c1-14-7-9-15(10-8-14)11-23-20(27)21-25-24-19(30-21)13-26-12-17(22(28)29-2)16-5-3-4-6-18(16)26/h3-10,17H,11-13H2,1-2H3,(H,23,27)/t17-/m1/s1. The number of amides is 1. The smallest absolute Gasteiger partial charge is 0.315 e. The highest BCUT2D eigenvalue weighted by molar-refractivity contribution is 7.13. The number of fused-ring (bicyclic) bond motifs is 1. The first-order valence-corrected chi connectivity index (χ1v) is 10.4. The van der Waals surface area contributed by atoms with E-state index in [4.69, 9.17) is 4.74 Å². The third-order valence-corrected chi connectivity index (χ3v) is 6.01. The number of hydrogen-bond acceptors (Lipinski definition) is 7. The van der Waals surface area contributed by atoms with Crippen LogP contribution in [0.2, 0.25) is 0 Å². The Morgan fingerprint density at radius 1 is 1.17 bits per heavy atom. The van der Waals surface area contributed by atoms with E-state index in [0.29, 0.717) is 24.6 Å². The average molecular weight is 423 g/mol. The van der Waals surface area contributed by atoms with E-state index >= 15 is 0 Å². The number of ether oxygens (including phenoxy) is 1. The SMILES string of the molecule is COC(=O)[C@@H]1CN(Cc2nnc(C(=O)NCc3ccc(C)cc3)s2)c2ccccc21. The molecule has 0 unspecified atom stereocenters. The average Bonchev–Trinajstić information content (AvgIpc) is 3.38. The van der Waals surface area contributed by atoms with Crippen LogP contribution in [0.5, 0.6) is 0 Å². The number of rotatable bonds is 6. The number of aromatic nitrogens is 2. The molecular weight excluding hydrogens is 400 g/mol. The van der Waals surface area contributed by atoms with Crippen LogP contribution in [0.1, 0.15) is 37.4 Å². The molecule has 1 amide bonds. The lowest BCUT2D eigenvalue weighted by molar-refractivity contribution is -0.142. The molecule has 0 fully saturated rings. The molecule has 1 aliphatic heterocycles. The van der Waals surface area contributed by atoms with E-state index < -0.39 is 0 Å². The lowest BCUT2D eigenvalue weighted by atomic mass is 10.0. The summed E-state index contributed by atoms with van der Waals surface area (Å²) in [6.45, 7) is 3.46. The topological polar surface area (TPSA) is 84.4 Å². The van der Waals surface area contributed by atoms with Gasteiger partial charge in [0.2, 0.25) is 5.01 Å². The number of carbonyl (C=O) groups excluding carboxylic acids is 2. The van der Waals surface area contributed by atoms with Crippen molar-refractivity contribution in [2.24, 2.45) is 0 Å². The number of hydrogen-bond donors (Lipinski definition) is 1. The largest absolute Gasteiger partial charge is 0.468 e. The van der Waals surface area contributed by atoms with E-state index in [1.165, 1.54) is 24.0 Å². The molecule has 1 N–H and O–H groups in total. The van der Waals surface area contributed by atoms with Crippen molar-refractivity contribution >= 4 is 28.9 Å². The molecule has 30 heavy (non-hydrogen) atoms. The van der Waals surface area contributed by atoms with E-state index in [1.54, 1.807) is 0 Å². The molecule has 0 saturated carbocycles. The zero-order chi connectivity index (χ0) is 21.1. The number of methoxy groups -OCH3 is 1. The highest BCUT2D eigenvalue weighted by Gasteiger charge is 2.34. The highest BCUT2D eigenvalue weighted by atomic mass is 32.1. The summed E-state index contributed by atoms with van der Waals surface area (Å²) in [6, 6.07) is 15.8. The third-order valence-electron chi connectivity index (χ3n) is 5.10. The second kappa shape index (κ2) is 8.62. The van der Waals surface area contributed by atoms with Gasteiger partial charge in [0.05, 0.1) is 13.7 Å². The van der Waals surface area contributed by atoms with Crippen molar-refractivity contribution in [1.82, 2.24) is 15.5 Å². The highest BCUT2D eigenvalue weighted by Crippen LogP contribution is 2.37. The molecule has 154 valence electrons. The molecule has 8 heteroatoms. The molecule has 0 aliphatic carbocycles. The van der Waals surface area contributed by atoms with Crippen LogP contribution < -0.4 is 10.2 Å². The van der Waals surface area contributed by atoms with Gasteiger partial charge in [0.15, 0.2) is 0 Å². The van der Waals surface area contributed by atoms with Gasteiger partial charge in [0.1, 0.15) is 10.9 Å². The van der Waals surface area contributed by atoms with Crippen LogP contribution in [-0.2, 0) is 22.6 Å². The maximum atomic E-state index is 12.4. The molecule has 3 aromatic rings. The minimum absolute atomic E-state index is 0.242. The zero-order valence-corrected chi connectivity index (χ0v) is 17.6. The Labute approximate surface area is 178 Å². The van der Waals surface area contributed by atoms with Gasteiger partial charge in [-0.1, -0.05) is 59.4 Å². The molecule has 7 nitrogen and oxygen atoms in total. The Kier molecular flexibility index (Phi) is 5.76. The summed E-state index contributed by atoms with van der Waals surface area (Å²) >= 11 is 1.26. The molecule has 0 saturated heterocycles. The number of esters is 1. The number of benzene rings is 2. The Balaban J connectivity index is 1.41. The zero-order valence-electron chi connectivity index (χ0n) is 16.8. The van der Waals surface area contributed by atoms with Crippen molar-refractivity contribution in [2.45, 2.75) is 25.9 Å². The van der Waals surface area contributed by atoms with Gasteiger partial charge in [-0.15, -0.1) is 10.2 Å². The van der Waals surface area contributed by atoms with Gasteiger partial charge >= 0.3 is 5.97 Å². The maximum absolute atomic E-state index is 12.4. The number of nitrogens with zero attached hydrogens (tertiary/aromatic N) is 3. The second-order valence-electron chi connectivity index (χ2n) is 7.18. The summed E-state index contributed by atoms with van der Waals surface area (Å²) in [5.41, 5.74) is 4.14. The van der Waals surface area contributed by atoms with Crippen molar-refractivity contribution < 1.29 is 14.3 Å². The summed E-state index contributed by atoms with van der Waals surface area (Å²) in [5.74, 6) is -0.816. The fourth-order valence-electron chi connectivity index (χ4n) is 3.52. The molecule has 0 radical (unpaired) electrons. The Morgan fingerprint density at radius 3 is 2.70 bits per heavy atom. The van der Waals surface area contributed by atoms with Gasteiger partial charge in [-0.2, -0.15) is 0 Å². The molecule has 0 bridgehead atoms. The van der Waals surface area contributed by atoms with Crippen LogP contribution in [-0.4, -0.2) is 35.7 Å². The van der Waals surface area contributed by atoms with Crippen LogP contribution in [0.25, 0.3) is 0 Å². The van der Waals surface area contributed by atoms with E-state index in [0.717, 1.165) is 21.8 Å². The number of aryl methyl sites for hydroxylation is 1. The minimum atomic E-state index is -0.323. The lowest BCUT2D eigenvalue weighted by Crippen LogP contribution is -2.24. The van der Waals surface area contributed by atoms with Gasteiger partial charge in [0.25, 0.3) is 5.91 Å². The summed E-state index contributed by atoms with van der Waals surface area (Å²) in [7, 11) is 1.40. The number of para-hydroxylation sites is 1. The van der Waals surface area contributed by atoms with Crippen molar-refractivity contribution in [2.75, 3.05) is 18.6 Å². The summed E-state index contributed by atoms with van der Waals surface area (Å²) < 4.78 is 4.95. The van der Waals surface area contributed by atoms with Crippen LogP contribution >= 0.6 is 11.3 Å². The molecule has 2 aromatic carbocycles. The normalized spacial score (nSPS) is 15.0. The molecule has 2 heterocycles. The van der Waals surface area contributed by atoms with Crippen molar-refractivity contribution in [1.29, 1.82) is 0 Å². The Morgan fingerprint density at radius 2 is 1.93 bits per heavy atom. The maximum Gasteiger partial charge on any atom is 0.315 e. The van der Waals surface area contributed by atoms with Crippen LogP contribution in [0.3, 0.4) is 0 Å². The van der Waals surface area contributed by atoms with Gasteiger partial charge < -0.3 is 15.0 Å².